The van der Waals surface area contributed by atoms with Crippen LogP contribution in [-0.2, 0) is 16.4 Å². The molecule has 0 fully saturated rings. The van der Waals surface area contributed by atoms with Crippen molar-refractivity contribution in [1.29, 1.82) is 5.41 Å². The third-order valence-electron chi connectivity index (χ3n) is 4.37. The maximum atomic E-state index is 13.3. The van der Waals surface area contributed by atoms with E-state index in [1.807, 2.05) is 31.2 Å². The van der Waals surface area contributed by atoms with Crippen molar-refractivity contribution in [3.63, 3.8) is 0 Å². The van der Waals surface area contributed by atoms with Crippen molar-refractivity contribution in [1.82, 2.24) is 0 Å². The van der Waals surface area contributed by atoms with Gasteiger partial charge < -0.3 is 10.8 Å². The Labute approximate surface area is 172 Å². The minimum atomic E-state index is -3.78. The smallest absolute Gasteiger partial charge is 0.208 e. The highest BCUT2D eigenvalue weighted by Crippen LogP contribution is 2.38. The Balaban J connectivity index is 2.17. The number of thioether (sulfide) groups is 1. The summed E-state index contributed by atoms with van der Waals surface area (Å²) >= 11 is 2.52. The largest absolute Gasteiger partial charge is 0.392 e. The fourth-order valence-electron chi connectivity index (χ4n) is 3.04. The first-order valence-corrected chi connectivity index (χ1v) is 11.9. The van der Waals surface area contributed by atoms with Crippen LogP contribution in [0.5, 0.6) is 0 Å². The van der Waals surface area contributed by atoms with E-state index in [1.54, 1.807) is 24.5 Å². The third kappa shape index (κ3) is 3.73. The maximum Gasteiger partial charge on any atom is 0.208 e. The monoisotopic (exact) mass is 432 g/mol. The summed E-state index contributed by atoms with van der Waals surface area (Å²) in [6.45, 7) is 1.80. The zero-order valence-corrected chi connectivity index (χ0v) is 17.8. The normalized spacial score (nSPS) is 11.5. The number of hydrogen-bond donors (Lipinski definition) is 3. The molecule has 1 aromatic heterocycles. The Bertz CT molecular complexity index is 1150. The lowest BCUT2D eigenvalue weighted by molar-refractivity contribution is 0.282. The second kappa shape index (κ2) is 8.08. The molecule has 5 nitrogen and oxygen atoms in total. The van der Waals surface area contributed by atoms with Gasteiger partial charge in [-0.15, -0.1) is 23.1 Å². The Morgan fingerprint density at radius 3 is 2.57 bits per heavy atom. The van der Waals surface area contributed by atoms with Crippen LogP contribution >= 0.6 is 23.1 Å². The Kier molecular flexibility index (Phi) is 5.95. The Morgan fingerprint density at radius 1 is 1.21 bits per heavy atom. The van der Waals surface area contributed by atoms with Gasteiger partial charge >= 0.3 is 0 Å². The molecule has 0 radical (unpaired) electrons. The summed E-state index contributed by atoms with van der Waals surface area (Å²) in [5, 5.41) is 17.3. The summed E-state index contributed by atoms with van der Waals surface area (Å²) in [6, 6.07) is 13.8. The Hall–Kier alpha value is -2.13. The van der Waals surface area contributed by atoms with Crippen molar-refractivity contribution in [2.45, 2.75) is 27.5 Å². The van der Waals surface area contributed by atoms with Gasteiger partial charge in [0.2, 0.25) is 9.84 Å². The molecule has 3 aromatic rings. The molecule has 4 N–H and O–H groups in total. The number of nitrogens with one attached hydrogen (secondary N) is 1. The van der Waals surface area contributed by atoms with Gasteiger partial charge in [0, 0.05) is 0 Å². The number of benzene rings is 2. The van der Waals surface area contributed by atoms with Gasteiger partial charge in [0.15, 0.2) is 0 Å². The summed E-state index contributed by atoms with van der Waals surface area (Å²) < 4.78 is 27.2. The second-order valence-electron chi connectivity index (χ2n) is 6.18. The molecule has 146 valence electrons. The molecule has 0 bridgehead atoms. The lowest BCUT2D eigenvalue weighted by Crippen LogP contribution is -2.08. The van der Waals surface area contributed by atoms with Crippen LogP contribution in [-0.4, -0.2) is 25.6 Å². The van der Waals surface area contributed by atoms with E-state index in [0.29, 0.717) is 9.09 Å². The lowest BCUT2D eigenvalue weighted by Gasteiger charge is -2.13. The van der Waals surface area contributed by atoms with Crippen LogP contribution in [0, 0.1) is 12.3 Å². The summed E-state index contributed by atoms with van der Waals surface area (Å²) in [5.41, 5.74) is 8.82. The number of thiophene rings is 1. The SMILES string of the molecule is CSc1sc(C(=N)N)cc1S(=O)(=O)c1cccc(-c2c(C)cccc2CO)c1. The molecular weight excluding hydrogens is 412 g/mol. The quantitative estimate of drug-likeness (QED) is 0.310. The van der Waals surface area contributed by atoms with Gasteiger partial charge in [0.05, 0.1) is 25.5 Å². The minimum absolute atomic E-state index is 0.128. The van der Waals surface area contributed by atoms with Crippen molar-refractivity contribution in [3.8, 4) is 11.1 Å². The van der Waals surface area contributed by atoms with Crippen LogP contribution in [0.1, 0.15) is 16.0 Å². The number of hydrogen-bond acceptors (Lipinski definition) is 6. The van der Waals surface area contributed by atoms with Gasteiger partial charge in [-0.25, -0.2) is 8.42 Å². The molecule has 0 atom stereocenters. The summed E-state index contributed by atoms with van der Waals surface area (Å²) in [5.74, 6) is -0.150. The highest BCUT2D eigenvalue weighted by atomic mass is 32.2. The molecule has 0 saturated heterocycles. The lowest BCUT2D eigenvalue weighted by atomic mass is 9.95. The molecule has 8 heteroatoms. The summed E-state index contributed by atoms with van der Waals surface area (Å²) in [4.78, 5) is 0.764. The fraction of sp³-hybridized carbons (Fsp3) is 0.150. The van der Waals surface area contributed by atoms with E-state index in [4.69, 9.17) is 11.1 Å². The van der Waals surface area contributed by atoms with Crippen molar-refractivity contribution >= 4 is 38.8 Å². The second-order valence-corrected chi connectivity index (χ2v) is 10.2. The van der Waals surface area contributed by atoms with Crippen molar-refractivity contribution in [2.75, 3.05) is 6.26 Å². The molecule has 3 rings (SSSR count). The number of aliphatic hydroxyl groups is 1. The van der Waals surface area contributed by atoms with Crippen LogP contribution < -0.4 is 5.73 Å². The van der Waals surface area contributed by atoms with Gasteiger partial charge in [-0.2, -0.15) is 0 Å². The molecule has 0 unspecified atom stereocenters. The first kappa shape index (κ1) is 20.6. The molecule has 0 aliphatic heterocycles. The number of nitrogen functional groups attached to an aromatic ring is 1. The maximum absolute atomic E-state index is 13.3. The molecule has 2 aromatic carbocycles. The standard InChI is InChI=1S/C20H20N2O3S3/c1-12-5-3-7-14(11-23)18(12)13-6-4-8-15(9-13)28(24,25)17-10-16(19(21)22)27-20(17)26-2/h3-10,23H,11H2,1-2H3,(H3,21,22). The number of rotatable bonds is 6. The molecule has 0 saturated carbocycles. The topological polar surface area (TPSA) is 104 Å². The van der Waals surface area contributed by atoms with Crippen LogP contribution in [0.25, 0.3) is 11.1 Å². The highest BCUT2D eigenvalue weighted by molar-refractivity contribution is 8.01. The number of sulfone groups is 1. The van der Waals surface area contributed by atoms with E-state index in [0.717, 1.165) is 22.3 Å². The molecular formula is C20H20N2O3S3. The summed E-state index contributed by atoms with van der Waals surface area (Å²) in [7, 11) is -3.78. The van der Waals surface area contributed by atoms with Crippen molar-refractivity contribution in [3.05, 3.63) is 64.5 Å². The molecule has 1 heterocycles. The number of aryl methyl sites for hydroxylation is 1. The van der Waals surface area contributed by atoms with Crippen molar-refractivity contribution < 1.29 is 13.5 Å². The predicted octanol–water partition coefficient (Wildman–Crippen LogP) is 4.05. The first-order valence-electron chi connectivity index (χ1n) is 8.36. The van der Waals surface area contributed by atoms with Gasteiger partial charge in [-0.3, -0.25) is 5.41 Å². The number of nitrogens with two attached hydrogens (primary N) is 1. The van der Waals surface area contributed by atoms with Gasteiger partial charge in [0.25, 0.3) is 0 Å². The minimum Gasteiger partial charge on any atom is -0.392 e. The highest BCUT2D eigenvalue weighted by Gasteiger charge is 2.25. The number of aliphatic hydroxyl groups excluding tert-OH is 1. The average Bonchev–Trinajstić information content (AvgIpc) is 3.13. The van der Waals surface area contributed by atoms with E-state index in [9.17, 15) is 13.5 Å². The summed E-state index contributed by atoms with van der Waals surface area (Å²) in [6.07, 6.45) is 1.80. The van der Waals surface area contributed by atoms with E-state index in [2.05, 4.69) is 0 Å². The molecule has 0 aliphatic rings. The third-order valence-corrected chi connectivity index (χ3v) is 8.71. The van der Waals surface area contributed by atoms with Gasteiger partial charge in [-0.1, -0.05) is 30.3 Å². The van der Waals surface area contributed by atoms with Crippen LogP contribution in [0.2, 0.25) is 0 Å². The zero-order valence-electron chi connectivity index (χ0n) is 15.4. The average molecular weight is 433 g/mol. The number of amidine groups is 1. The van der Waals surface area contributed by atoms with Crippen LogP contribution in [0.3, 0.4) is 0 Å². The van der Waals surface area contributed by atoms with Gasteiger partial charge in [-0.05, 0) is 53.6 Å². The zero-order chi connectivity index (χ0) is 20.5. The van der Waals surface area contributed by atoms with Crippen LogP contribution in [0.15, 0.2) is 62.5 Å². The van der Waals surface area contributed by atoms with E-state index in [1.165, 1.54) is 29.2 Å². The molecule has 0 amide bonds. The molecule has 28 heavy (non-hydrogen) atoms. The van der Waals surface area contributed by atoms with Crippen LogP contribution in [0.4, 0.5) is 0 Å². The van der Waals surface area contributed by atoms with Crippen molar-refractivity contribution in [2.24, 2.45) is 5.73 Å². The molecule has 0 aliphatic carbocycles. The fourth-order valence-corrected chi connectivity index (χ4v) is 6.94. The van der Waals surface area contributed by atoms with E-state index < -0.39 is 9.84 Å². The van der Waals surface area contributed by atoms with E-state index >= 15 is 0 Å². The predicted molar refractivity (Wildman–Crippen MR) is 115 cm³/mol. The first-order chi connectivity index (χ1) is 13.3. The van der Waals surface area contributed by atoms with E-state index in [-0.39, 0.29) is 22.2 Å². The van der Waals surface area contributed by atoms with Gasteiger partial charge in [0.1, 0.15) is 5.84 Å². The Morgan fingerprint density at radius 2 is 1.93 bits per heavy atom. The molecule has 0 spiro atoms.